The summed E-state index contributed by atoms with van der Waals surface area (Å²) >= 11 is 1.12. The van der Waals surface area contributed by atoms with Crippen molar-refractivity contribution < 1.29 is 4.79 Å². The minimum Gasteiger partial charge on any atom is -0.353 e. The van der Waals surface area contributed by atoms with E-state index in [1.807, 2.05) is 13.8 Å². The van der Waals surface area contributed by atoms with E-state index in [0.29, 0.717) is 6.54 Å². The Balaban J connectivity index is 2.37. The number of hydrogen-bond donors (Lipinski definition) is 3. The van der Waals surface area contributed by atoms with Crippen molar-refractivity contribution in [3.63, 3.8) is 0 Å². The van der Waals surface area contributed by atoms with E-state index in [1.165, 1.54) is 0 Å². The van der Waals surface area contributed by atoms with Crippen molar-refractivity contribution in [3.05, 3.63) is 20.7 Å². The molecule has 0 aromatic carbocycles. The predicted octanol–water partition coefficient (Wildman–Crippen LogP) is 0.439. The van der Waals surface area contributed by atoms with Gasteiger partial charge in [-0.3, -0.25) is 9.59 Å². The highest BCUT2D eigenvalue weighted by atomic mass is 32.1. The predicted molar refractivity (Wildman–Crippen MR) is 64.5 cm³/mol. The zero-order valence-corrected chi connectivity index (χ0v) is 10.5. The van der Waals surface area contributed by atoms with Crippen molar-refractivity contribution in [2.75, 3.05) is 0 Å². The smallest absolute Gasteiger partial charge is 0.304 e. The van der Waals surface area contributed by atoms with E-state index in [4.69, 9.17) is 0 Å². The van der Waals surface area contributed by atoms with Crippen LogP contribution in [0.1, 0.15) is 26.5 Å². The summed E-state index contributed by atoms with van der Waals surface area (Å²) < 4.78 is 0. The summed E-state index contributed by atoms with van der Waals surface area (Å²) in [6, 6.07) is -0.136. The van der Waals surface area contributed by atoms with Gasteiger partial charge in [0.1, 0.15) is 0 Å². The molecule has 0 saturated carbocycles. The van der Waals surface area contributed by atoms with E-state index in [1.54, 1.807) is 12.3 Å². The third-order valence-corrected chi connectivity index (χ3v) is 2.71. The molecule has 1 unspecified atom stereocenters. The van der Waals surface area contributed by atoms with Crippen molar-refractivity contribution in [1.29, 1.82) is 0 Å². The van der Waals surface area contributed by atoms with Crippen molar-refractivity contribution in [1.82, 2.24) is 15.6 Å². The largest absolute Gasteiger partial charge is 0.353 e. The molecule has 0 bridgehead atoms. The molecule has 0 aliphatic heterocycles. The average Bonchev–Trinajstić information content (AvgIpc) is 2.59. The molecule has 3 N–H and O–H groups in total. The van der Waals surface area contributed by atoms with E-state index in [0.717, 1.165) is 17.0 Å². The molecule has 90 valence electrons. The Morgan fingerprint density at radius 3 is 2.69 bits per heavy atom. The third kappa shape index (κ3) is 4.16. The number of nitrogens with one attached hydrogen (secondary N) is 3. The molecule has 1 heterocycles. The first kappa shape index (κ1) is 12.9. The zero-order chi connectivity index (χ0) is 12.1. The van der Waals surface area contributed by atoms with Crippen LogP contribution in [0.15, 0.2) is 10.2 Å². The van der Waals surface area contributed by atoms with Gasteiger partial charge in [0.15, 0.2) is 0 Å². The maximum absolute atomic E-state index is 11.5. The maximum atomic E-state index is 11.5. The molecule has 6 heteroatoms. The molecular weight excluding hydrogens is 226 g/mol. The van der Waals surface area contributed by atoms with Gasteiger partial charge in [0, 0.05) is 23.7 Å². The molecule has 16 heavy (non-hydrogen) atoms. The van der Waals surface area contributed by atoms with Gasteiger partial charge in [-0.25, -0.2) is 0 Å². The zero-order valence-electron chi connectivity index (χ0n) is 9.66. The highest BCUT2D eigenvalue weighted by molar-refractivity contribution is 7.07. The highest BCUT2D eigenvalue weighted by Gasteiger charge is 2.12. The number of hydrogen-bond acceptors (Lipinski definition) is 4. The Morgan fingerprint density at radius 2 is 2.19 bits per heavy atom. The molecular formula is C10H17N3O2S. The van der Waals surface area contributed by atoms with Crippen LogP contribution in [-0.4, -0.2) is 23.0 Å². The SMILES string of the molecule is CC(C)NC(=O)C(C)NCc1csc(=O)[nH]1. The fourth-order valence-corrected chi connectivity index (χ4v) is 1.75. The van der Waals surface area contributed by atoms with Gasteiger partial charge in [0.05, 0.1) is 6.04 Å². The van der Waals surface area contributed by atoms with Crippen LogP contribution < -0.4 is 15.5 Å². The average molecular weight is 243 g/mol. The first-order valence-electron chi connectivity index (χ1n) is 5.19. The number of H-pyrrole nitrogens is 1. The van der Waals surface area contributed by atoms with Crippen molar-refractivity contribution in [2.24, 2.45) is 0 Å². The molecule has 1 aromatic rings. The van der Waals surface area contributed by atoms with Gasteiger partial charge >= 0.3 is 4.87 Å². The normalized spacial score (nSPS) is 12.8. The summed E-state index contributed by atoms with van der Waals surface area (Å²) in [5.41, 5.74) is 0.805. The van der Waals surface area contributed by atoms with Crippen LogP contribution >= 0.6 is 11.3 Å². The van der Waals surface area contributed by atoms with Gasteiger partial charge in [-0.05, 0) is 20.8 Å². The highest BCUT2D eigenvalue weighted by Crippen LogP contribution is 1.96. The second kappa shape index (κ2) is 5.81. The minimum absolute atomic E-state index is 0.0347. The van der Waals surface area contributed by atoms with Crippen LogP contribution in [0.2, 0.25) is 0 Å². The lowest BCUT2D eigenvalue weighted by Gasteiger charge is -2.15. The van der Waals surface area contributed by atoms with E-state index in [-0.39, 0.29) is 22.9 Å². The second-order valence-electron chi connectivity index (χ2n) is 3.94. The molecule has 5 nitrogen and oxygen atoms in total. The number of thiazole rings is 1. The van der Waals surface area contributed by atoms with Crippen molar-refractivity contribution in [3.8, 4) is 0 Å². The molecule has 0 aliphatic carbocycles. The Hall–Kier alpha value is -1.14. The molecule has 0 aliphatic rings. The molecule has 1 aromatic heterocycles. The van der Waals surface area contributed by atoms with Crippen LogP contribution in [-0.2, 0) is 11.3 Å². The standard InChI is InChI=1S/C10H17N3O2S/c1-6(2)12-9(14)7(3)11-4-8-5-16-10(15)13-8/h5-7,11H,4H2,1-3H3,(H,12,14)(H,13,15). The first-order chi connectivity index (χ1) is 7.49. The molecule has 1 atom stereocenters. The van der Waals surface area contributed by atoms with Crippen LogP contribution in [0.25, 0.3) is 0 Å². The van der Waals surface area contributed by atoms with E-state index >= 15 is 0 Å². The molecule has 0 fully saturated rings. The summed E-state index contributed by atoms with van der Waals surface area (Å²) in [6.45, 7) is 6.12. The molecule has 1 amide bonds. The molecule has 0 spiro atoms. The fourth-order valence-electron chi connectivity index (χ4n) is 1.17. The van der Waals surface area contributed by atoms with Gasteiger partial charge in [-0.2, -0.15) is 0 Å². The number of aromatic amines is 1. The number of amides is 1. The monoisotopic (exact) mass is 243 g/mol. The summed E-state index contributed by atoms with van der Waals surface area (Å²) in [5, 5.41) is 7.61. The lowest BCUT2D eigenvalue weighted by atomic mass is 10.2. The second-order valence-corrected chi connectivity index (χ2v) is 4.78. The Labute approximate surface area is 98.3 Å². The number of aromatic nitrogens is 1. The first-order valence-corrected chi connectivity index (χ1v) is 6.07. The van der Waals surface area contributed by atoms with Crippen LogP contribution in [0.5, 0.6) is 0 Å². The lowest BCUT2D eigenvalue weighted by molar-refractivity contribution is -0.123. The summed E-state index contributed by atoms with van der Waals surface area (Å²) in [4.78, 5) is 25.0. The van der Waals surface area contributed by atoms with Crippen molar-refractivity contribution >= 4 is 17.2 Å². The van der Waals surface area contributed by atoms with Gasteiger partial charge < -0.3 is 15.6 Å². The van der Waals surface area contributed by atoms with Gasteiger partial charge in [0.2, 0.25) is 5.91 Å². The third-order valence-electron chi connectivity index (χ3n) is 1.99. The van der Waals surface area contributed by atoms with Crippen LogP contribution in [0.3, 0.4) is 0 Å². The quantitative estimate of drug-likeness (QED) is 0.702. The maximum Gasteiger partial charge on any atom is 0.304 e. The van der Waals surface area contributed by atoms with Gasteiger partial charge in [0.25, 0.3) is 0 Å². The summed E-state index contributed by atoms with van der Waals surface area (Å²) in [6.07, 6.45) is 0. The van der Waals surface area contributed by atoms with E-state index in [9.17, 15) is 9.59 Å². The Kier molecular flexibility index (Phi) is 4.70. The number of carbonyl (C=O) groups excluding carboxylic acids is 1. The van der Waals surface area contributed by atoms with E-state index in [2.05, 4.69) is 15.6 Å². The molecule has 1 rings (SSSR count). The summed E-state index contributed by atoms with van der Waals surface area (Å²) in [7, 11) is 0. The summed E-state index contributed by atoms with van der Waals surface area (Å²) in [5.74, 6) is -0.0347. The number of rotatable bonds is 5. The lowest BCUT2D eigenvalue weighted by Crippen LogP contribution is -2.44. The van der Waals surface area contributed by atoms with Crippen molar-refractivity contribution in [2.45, 2.75) is 39.4 Å². The Bertz CT molecular complexity index is 397. The number of carbonyl (C=O) groups is 1. The molecule has 0 radical (unpaired) electrons. The fraction of sp³-hybridized carbons (Fsp3) is 0.600. The van der Waals surface area contributed by atoms with Gasteiger partial charge in [-0.1, -0.05) is 11.3 Å². The molecule has 0 saturated heterocycles. The van der Waals surface area contributed by atoms with Crippen LogP contribution in [0, 0.1) is 0 Å². The minimum atomic E-state index is -0.272. The van der Waals surface area contributed by atoms with Gasteiger partial charge in [-0.15, -0.1) is 0 Å². The topological polar surface area (TPSA) is 74.0 Å². The van der Waals surface area contributed by atoms with Crippen LogP contribution in [0.4, 0.5) is 0 Å². The Morgan fingerprint density at radius 1 is 1.50 bits per heavy atom. The van der Waals surface area contributed by atoms with E-state index < -0.39 is 0 Å².